The number of benzene rings is 2. The fourth-order valence-corrected chi connectivity index (χ4v) is 2.34. The Morgan fingerprint density at radius 3 is 2.08 bits per heavy atom. The Bertz CT molecular complexity index is 769. The molecule has 6 heteroatoms. The molecule has 2 N–H and O–H groups in total. The molecule has 0 saturated heterocycles. The van der Waals surface area contributed by atoms with Crippen LogP contribution in [-0.4, -0.2) is 35.4 Å². The number of carboxylic acids is 1. The number of ketones is 1. The SMILES string of the molecule is CC(C)[C@@H](NC(=O)COc1ccc(C(=O)c2ccccc2)cc1)C(=O)O. The van der Waals surface area contributed by atoms with Gasteiger partial charge >= 0.3 is 5.97 Å². The van der Waals surface area contributed by atoms with Crippen molar-refractivity contribution in [2.24, 2.45) is 5.92 Å². The lowest BCUT2D eigenvalue weighted by Gasteiger charge is -2.18. The van der Waals surface area contributed by atoms with E-state index in [-0.39, 0.29) is 18.3 Å². The minimum Gasteiger partial charge on any atom is -0.484 e. The molecule has 0 aliphatic heterocycles. The first kappa shape index (κ1) is 19.2. The maximum Gasteiger partial charge on any atom is 0.326 e. The monoisotopic (exact) mass is 355 g/mol. The van der Waals surface area contributed by atoms with Crippen LogP contribution in [0, 0.1) is 5.92 Å². The summed E-state index contributed by atoms with van der Waals surface area (Å²) in [6.45, 7) is 3.12. The molecule has 0 radical (unpaired) electrons. The second-order valence-corrected chi connectivity index (χ2v) is 6.14. The van der Waals surface area contributed by atoms with Crippen molar-refractivity contribution in [1.82, 2.24) is 5.32 Å². The average Bonchev–Trinajstić information content (AvgIpc) is 2.64. The smallest absolute Gasteiger partial charge is 0.326 e. The highest BCUT2D eigenvalue weighted by molar-refractivity contribution is 6.08. The molecule has 1 atom stereocenters. The zero-order chi connectivity index (χ0) is 19.1. The average molecular weight is 355 g/mol. The van der Waals surface area contributed by atoms with Crippen LogP contribution < -0.4 is 10.1 Å². The third kappa shape index (κ3) is 5.17. The van der Waals surface area contributed by atoms with E-state index < -0.39 is 17.9 Å². The van der Waals surface area contributed by atoms with Gasteiger partial charge in [0, 0.05) is 11.1 Å². The number of nitrogens with one attached hydrogen (secondary N) is 1. The molecular weight excluding hydrogens is 334 g/mol. The molecule has 0 saturated carbocycles. The predicted molar refractivity (Wildman–Crippen MR) is 96.2 cm³/mol. The molecule has 2 rings (SSSR count). The highest BCUT2D eigenvalue weighted by Crippen LogP contribution is 2.15. The Morgan fingerprint density at radius 2 is 1.54 bits per heavy atom. The molecule has 2 aromatic rings. The Morgan fingerprint density at radius 1 is 0.962 bits per heavy atom. The maximum absolute atomic E-state index is 12.3. The van der Waals surface area contributed by atoms with E-state index in [4.69, 9.17) is 9.84 Å². The molecule has 0 unspecified atom stereocenters. The number of carboxylic acid groups (broad SMARTS) is 1. The van der Waals surface area contributed by atoms with Crippen molar-refractivity contribution in [2.75, 3.05) is 6.61 Å². The van der Waals surface area contributed by atoms with Crippen molar-refractivity contribution in [2.45, 2.75) is 19.9 Å². The number of hydrogen-bond acceptors (Lipinski definition) is 4. The van der Waals surface area contributed by atoms with Crippen LogP contribution in [-0.2, 0) is 9.59 Å². The van der Waals surface area contributed by atoms with Crippen molar-refractivity contribution < 1.29 is 24.2 Å². The van der Waals surface area contributed by atoms with Crippen LogP contribution in [0.3, 0.4) is 0 Å². The number of hydrogen-bond donors (Lipinski definition) is 2. The Labute approximate surface area is 151 Å². The van der Waals surface area contributed by atoms with Gasteiger partial charge in [0.2, 0.25) is 0 Å². The van der Waals surface area contributed by atoms with Crippen LogP contribution in [0.25, 0.3) is 0 Å². The Hall–Kier alpha value is -3.15. The van der Waals surface area contributed by atoms with Crippen LogP contribution in [0.5, 0.6) is 5.75 Å². The van der Waals surface area contributed by atoms with Gasteiger partial charge in [0.15, 0.2) is 12.4 Å². The zero-order valence-electron chi connectivity index (χ0n) is 14.6. The first-order chi connectivity index (χ1) is 12.4. The van der Waals surface area contributed by atoms with Crippen LogP contribution in [0.4, 0.5) is 0 Å². The van der Waals surface area contributed by atoms with Gasteiger partial charge in [-0.05, 0) is 30.2 Å². The van der Waals surface area contributed by atoms with Gasteiger partial charge in [-0.3, -0.25) is 9.59 Å². The lowest BCUT2D eigenvalue weighted by atomic mass is 10.0. The van der Waals surface area contributed by atoms with Gasteiger partial charge in [0.25, 0.3) is 5.91 Å². The van der Waals surface area contributed by atoms with Gasteiger partial charge in [-0.1, -0.05) is 44.2 Å². The third-order valence-electron chi connectivity index (χ3n) is 3.77. The van der Waals surface area contributed by atoms with Crippen LogP contribution >= 0.6 is 0 Å². The molecule has 0 aliphatic rings. The summed E-state index contributed by atoms with van der Waals surface area (Å²) < 4.78 is 5.35. The molecule has 1 amide bonds. The summed E-state index contributed by atoms with van der Waals surface area (Å²) in [5.41, 5.74) is 1.10. The molecule has 6 nitrogen and oxygen atoms in total. The summed E-state index contributed by atoms with van der Waals surface area (Å²) in [6.07, 6.45) is 0. The molecule has 0 fully saturated rings. The van der Waals surface area contributed by atoms with Gasteiger partial charge in [0.05, 0.1) is 0 Å². The van der Waals surface area contributed by atoms with E-state index in [0.29, 0.717) is 16.9 Å². The van der Waals surface area contributed by atoms with E-state index in [0.717, 1.165) is 0 Å². The Kier molecular flexibility index (Phi) is 6.49. The van der Waals surface area contributed by atoms with Crippen molar-refractivity contribution in [3.05, 3.63) is 65.7 Å². The molecule has 2 aromatic carbocycles. The van der Waals surface area contributed by atoms with E-state index in [2.05, 4.69) is 5.32 Å². The number of carbonyl (C=O) groups is 3. The number of amides is 1. The number of ether oxygens (including phenoxy) is 1. The number of rotatable bonds is 8. The quantitative estimate of drug-likeness (QED) is 0.710. The summed E-state index contributed by atoms with van der Waals surface area (Å²) in [6, 6.07) is 14.4. The summed E-state index contributed by atoms with van der Waals surface area (Å²) in [4.78, 5) is 35.2. The van der Waals surface area contributed by atoms with E-state index in [1.54, 1.807) is 62.4 Å². The molecule has 0 bridgehead atoms. The first-order valence-corrected chi connectivity index (χ1v) is 8.23. The topological polar surface area (TPSA) is 92.7 Å². The molecule has 0 aromatic heterocycles. The number of carbonyl (C=O) groups excluding carboxylic acids is 2. The van der Waals surface area contributed by atoms with E-state index in [9.17, 15) is 14.4 Å². The Balaban J connectivity index is 1.92. The summed E-state index contributed by atoms with van der Waals surface area (Å²) in [5, 5.41) is 11.5. The van der Waals surface area contributed by atoms with E-state index >= 15 is 0 Å². The maximum atomic E-state index is 12.3. The largest absolute Gasteiger partial charge is 0.484 e. The van der Waals surface area contributed by atoms with Crippen LogP contribution in [0.15, 0.2) is 54.6 Å². The molecule has 0 aliphatic carbocycles. The second kappa shape index (κ2) is 8.80. The highest BCUT2D eigenvalue weighted by Gasteiger charge is 2.23. The molecule has 26 heavy (non-hydrogen) atoms. The minimum atomic E-state index is -1.09. The molecular formula is C20H21NO5. The van der Waals surface area contributed by atoms with Gasteiger partial charge in [-0.2, -0.15) is 0 Å². The summed E-state index contributed by atoms with van der Waals surface area (Å²) >= 11 is 0. The molecule has 0 heterocycles. The first-order valence-electron chi connectivity index (χ1n) is 8.23. The predicted octanol–water partition coefficient (Wildman–Crippen LogP) is 2.52. The van der Waals surface area contributed by atoms with Crippen molar-refractivity contribution in [1.29, 1.82) is 0 Å². The van der Waals surface area contributed by atoms with E-state index in [1.165, 1.54) is 0 Å². The number of aliphatic carboxylic acids is 1. The highest BCUT2D eigenvalue weighted by atomic mass is 16.5. The van der Waals surface area contributed by atoms with Gasteiger partial charge in [0.1, 0.15) is 11.8 Å². The van der Waals surface area contributed by atoms with Gasteiger partial charge in [-0.15, -0.1) is 0 Å². The van der Waals surface area contributed by atoms with Gasteiger partial charge in [-0.25, -0.2) is 4.79 Å². The fraction of sp³-hybridized carbons (Fsp3) is 0.250. The lowest BCUT2D eigenvalue weighted by Crippen LogP contribution is -2.46. The minimum absolute atomic E-state index is 0.101. The van der Waals surface area contributed by atoms with Crippen molar-refractivity contribution in [3.63, 3.8) is 0 Å². The lowest BCUT2D eigenvalue weighted by molar-refractivity contribution is -0.143. The van der Waals surface area contributed by atoms with Crippen LogP contribution in [0.1, 0.15) is 29.8 Å². The third-order valence-corrected chi connectivity index (χ3v) is 3.77. The van der Waals surface area contributed by atoms with Crippen molar-refractivity contribution >= 4 is 17.7 Å². The molecule has 136 valence electrons. The zero-order valence-corrected chi connectivity index (χ0v) is 14.6. The van der Waals surface area contributed by atoms with Crippen LogP contribution in [0.2, 0.25) is 0 Å². The van der Waals surface area contributed by atoms with E-state index in [1.807, 2.05) is 6.07 Å². The van der Waals surface area contributed by atoms with Gasteiger partial charge < -0.3 is 15.2 Å². The second-order valence-electron chi connectivity index (χ2n) is 6.14. The standard InChI is InChI=1S/C20H21NO5/c1-13(2)18(20(24)25)21-17(22)12-26-16-10-8-15(9-11-16)19(23)14-6-4-3-5-7-14/h3-11,13,18H,12H2,1-2H3,(H,21,22)(H,24,25)/t18-/m1/s1. The van der Waals surface area contributed by atoms with Crippen molar-refractivity contribution in [3.8, 4) is 5.75 Å². The summed E-state index contributed by atoms with van der Waals surface area (Å²) in [7, 11) is 0. The summed E-state index contributed by atoms with van der Waals surface area (Å²) in [5.74, 6) is -1.52. The molecule has 0 spiro atoms. The fourth-order valence-electron chi connectivity index (χ4n) is 2.34. The normalized spacial score (nSPS) is 11.7.